The molecular formula is C31H37ClN2O2. The summed E-state index contributed by atoms with van der Waals surface area (Å²) in [4.78, 5) is 15.5. The zero-order valence-corrected chi connectivity index (χ0v) is 22.0. The van der Waals surface area contributed by atoms with Crippen LogP contribution in [0.4, 0.5) is 0 Å². The van der Waals surface area contributed by atoms with E-state index in [1.807, 2.05) is 42.5 Å². The molecule has 4 rings (SSSR count). The lowest BCUT2D eigenvalue weighted by atomic mass is 9.99. The number of amides is 1. The van der Waals surface area contributed by atoms with Crippen LogP contribution in [0.3, 0.4) is 0 Å². The van der Waals surface area contributed by atoms with Gasteiger partial charge in [-0.25, -0.2) is 0 Å². The van der Waals surface area contributed by atoms with Crippen LogP contribution in [0.2, 0.25) is 5.02 Å². The van der Waals surface area contributed by atoms with E-state index >= 15 is 0 Å². The van der Waals surface area contributed by atoms with Crippen molar-refractivity contribution in [1.29, 1.82) is 0 Å². The van der Waals surface area contributed by atoms with Crippen LogP contribution in [0.5, 0.6) is 5.75 Å². The molecule has 1 aliphatic rings. The standard InChI is InChI=1S/C31H37ClN2O2/c1-2-17-34-18-6-3-7-19-36-30-14-13-27(22-28(30)21-24-9-8-10-25(20-24)23-34)31(35)33-16-15-26-11-4-5-12-29(26)32/h4-5,8-14,20,22H,2-3,6-7,15-19,21,23H2,1H3,(H,33,35). The van der Waals surface area contributed by atoms with Gasteiger partial charge in [-0.2, -0.15) is 0 Å². The summed E-state index contributed by atoms with van der Waals surface area (Å²) in [5.41, 5.74) is 5.32. The minimum Gasteiger partial charge on any atom is -0.493 e. The Morgan fingerprint density at radius 2 is 1.86 bits per heavy atom. The van der Waals surface area contributed by atoms with Crippen LogP contribution < -0.4 is 10.1 Å². The van der Waals surface area contributed by atoms with Crippen LogP contribution in [0.1, 0.15) is 65.2 Å². The van der Waals surface area contributed by atoms with E-state index in [0.29, 0.717) is 25.1 Å². The van der Waals surface area contributed by atoms with E-state index < -0.39 is 0 Å². The van der Waals surface area contributed by atoms with Crippen LogP contribution in [-0.2, 0) is 19.4 Å². The van der Waals surface area contributed by atoms with Gasteiger partial charge in [0, 0.05) is 30.1 Å². The Labute approximate surface area is 220 Å². The van der Waals surface area contributed by atoms with E-state index in [9.17, 15) is 4.79 Å². The van der Waals surface area contributed by atoms with Crippen LogP contribution in [0, 0.1) is 0 Å². The summed E-state index contributed by atoms with van der Waals surface area (Å²) >= 11 is 6.25. The molecule has 1 amide bonds. The number of fused-ring (bicyclic) bond motifs is 3. The molecule has 0 fully saturated rings. The summed E-state index contributed by atoms with van der Waals surface area (Å²) in [6.45, 7) is 6.72. The first-order chi connectivity index (χ1) is 17.6. The maximum atomic E-state index is 13.0. The van der Waals surface area contributed by atoms with Crippen LogP contribution in [0.15, 0.2) is 66.7 Å². The van der Waals surface area contributed by atoms with Gasteiger partial charge < -0.3 is 10.1 Å². The molecule has 4 nitrogen and oxygen atoms in total. The Bertz CT molecular complexity index is 1150. The molecule has 190 valence electrons. The summed E-state index contributed by atoms with van der Waals surface area (Å²) < 4.78 is 6.21. The molecule has 0 unspecified atom stereocenters. The first-order valence-electron chi connectivity index (χ1n) is 13.2. The Morgan fingerprint density at radius 3 is 2.72 bits per heavy atom. The molecule has 0 radical (unpaired) electrons. The van der Waals surface area contributed by atoms with Crippen molar-refractivity contribution in [3.63, 3.8) is 0 Å². The van der Waals surface area contributed by atoms with E-state index in [1.54, 1.807) is 0 Å². The minimum atomic E-state index is -0.0757. The quantitative estimate of drug-likeness (QED) is 0.407. The second kappa shape index (κ2) is 13.5. The van der Waals surface area contributed by atoms with Crippen LogP contribution in [0.25, 0.3) is 0 Å². The third-order valence-electron chi connectivity index (χ3n) is 6.67. The third-order valence-corrected chi connectivity index (χ3v) is 7.04. The van der Waals surface area contributed by atoms with E-state index in [-0.39, 0.29) is 5.91 Å². The number of benzene rings is 3. The minimum absolute atomic E-state index is 0.0757. The Morgan fingerprint density at radius 1 is 1.00 bits per heavy atom. The molecule has 1 aliphatic heterocycles. The number of halogens is 1. The van der Waals surface area contributed by atoms with E-state index in [0.717, 1.165) is 60.8 Å². The summed E-state index contributed by atoms with van der Waals surface area (Å²) in [6.07, 6.45) is 5.97. The highest BCUT2D eigenvalue weighted by Gasteiger charge is 2.13. The summed E-state index contributed by atoms with van der Waals surface area (Å²) in [5, 5.41) is 3.78. The molecule has 0 aliphatic carbocycles. The molecule has 0 aromatic heterocycles. The molecule has 0 saturated heterocycles. The average molecular weight is 505 g/mol. The number of carbonyl (C=O) groups is 1. The lowest BCUT2D eigenvalue weighted by molar-refractivity contribution is 0.0954. The molecule has 3 aromatic rings. The van der Waals surface area contributed by atoms with Gasteiger partial charge in [0.25, 0.3) is 5.91 Å². The van der Waals surface area contributed by atoms with Crippen molar-refractivity contribution in [2.24, 2.45) is 0 Å². The monoisotopic (exact) mass is 504 g/mol. The molecule has 0 spiro atoms. The predicted octanol–water partition coefficient (Wildman–Crippen LogP) is 6.68. The van der Waals surface area contributed by atoms with E-state index in [2.05, 4.69) is 41.4 Å². The van der Waals surface area contributed by atoms with E-state index in [4.69, 9.17) is 16.3 Å². The molecule has 3 aromatic carbocycles. The average Bonchev–Trinajstić information content (AvgIpc) is 2.87. The molecule has 2 bridgehead atoms. The molecule has 1 N–H and O–H groups in total. The zero-order chi connectivity index (χ0) is 25.2. The fourth-order valence-electron chi connectivity index (χ4n) is 4.81. The molecule has 0 atom stereocenters. The Kier molecular flexibility index (Phi) is 9.83. The summed E-state index contributed by atoms with van der Waals surface area (Å²) in [6, 6.07) is 22.4. The van der Waals surface area contributed by atoms with Gasteiger partial charge in [0.2, 0.25) is 0 Å². The third kappa shape index (κ3) is 7.59. The fraction of sp³-hybridized carbons (Fsp3) is 0.387. The number of nitrogens with zero attached hydrogens (tertiary/aromatic N) is 1. The number of carbonyl (C=O) groups excluding carboxylic acids is 1. The van der Waals surface area contributed by atoms with Crippen molar-refractivity contribution in [2.45, 2.75) is 52.0 Å². The summed E-state index contributed by atoms with van der Waals surface area (Å²) in [5.74, 6) is 0.797. The zero-order valence-electron chi connectivity index (χ0n) is 21.3. The highest BCUT2D eigenvalue weighted by molar-refractivity contribution is 6.31. The van der Waals surface area contributed by atoms with Crippen molar-refractivity contribution < 1.29 is 9.53 Å². The Hall–Kier alpha value is -2.82. The lowest BCUT2D eigenvalue weighted by Gasteiger charge is -2.22. The van der Waals surface area contributed by atoms with Gasteiger partial charge in [0.15, 0.2) is 0 Å². The van der Waals surface area contributed by atoms with Crippen LogP contribution in [-0.4, -0.2) is 37.0 Å². The van der Waals surface area contributed by atoms with Gasteiger partial charge in [-0.1, -0.05) is 61.0 Å². The van der Waals surface area contributed by atoms with Crippen molar-refractivity contribution in [2.75, 3.05) is 26.2 Å². The van der Waals surface area contributed by atoms with Gasteiger partial charge in [-0.3, -0.25) is 9.69 Å². The smallest absolute Gasteiger partial charge is 0.251 e. The largest absolute Gasteiger partial charge is 0.493 e. The summed E-state index contributed by atoms with van der Waals surface area (Å²) in [7, 11) is 0. The number of hydrogen-bond acceptors (Lipinski definition) is 3. The predicted molar refractivity (Wildman–Crippen MR) is 148 cm³/mol. The number of rotatable bonds is 6. The topological polar surface area (TPSA) is 41.6 Å². The second-order valence-electron chi connectivity index (χ2n) is 9.60. The fourth-order valence-corrected chi connectivity index (χ4v) is 5.04. The van der Waals surface area contributed by atoms with Gasteiger partial charge >= 0.3 is 0 Å². The van der Waals surface area contributed by atoms with Crippen molar-refractivity contribution in [1.82, 2.24) is 10.2 Å². The first-order valence-corrected chi connectivity index (χ1v) is 13.6. The number of nitrogens with one attached hydrogen (secondary N) is 1. The van der Waals surface area contributed by atoms with E-state index in [1.165, 1.54) is 24.0 Å². The van der Waals surface area contributed by atoms with Gasteiger partial charge in [0.05, 0.1) is 6.61 Å². The number of ether oxygens (including phenoxy) is 1. The highest BCUT2D eigenvalue weighted by Crippen LogP contribution is 2.25. The SMILES string of the molecule is CCCN1CCCCCOc2ccc(C(=O)NCCc3ccccc3Cl)cc2Cc2cccc(c2)C1. The van der Waals surface area contributed by atoms with Crippen molar-refractivity contribution >= 4 is 17.5 Å². The highest BCUT2D eigenvalue weighted by atomic mass is 35.5. The molecule has 5 heteroatoms. The van der Waals surface area contributed by atoms with Gasteiger partial charge in [-0.05, 0) is 91.7 Å². The lowest BCUT2D eigenvalue weighted by Crippen LogP contribution is -2.26. The first kappa shape index (κ1) is 26.2. The maximum Gasteiger partial charge on any atom is 0.251 e. The van der Waals surface area contributed by atoms with Gasteiger partial charge in [-0.15, -0.1) is 0 Å². The maximum absolute atomic E-state index is 13.0. The van der Waals surface area contributed by atoms with Crippen molar-refractivity contribution in [3.05, 3.63) is 99.6 Å². The van der Waals surface area contributed by atoms with Crippen LogP contribution >= 0.6 is 11.6 Å². The molecule has 1 heterocycles. The normalized spacial score (nSPS) is 14.8. The molecule has 36 heavy (non-hydrogen) atoms. The number of hydrogen-bond donors (Lipinski definition) is 1. The molecule has 0 saturated carbocycles. The molecular weight excluding hydrogens is 468 g/mol. The second-order valence-corrected chi connectivity index (χ2v) is 10.0. The van der Waals surface area contributed by atoms with Gasteiger partial charge in [0.1, 0.15) is 5.75 Å². The Balaban J connectivity index is 1.50. The van der Waals surface area contributed by atoms with Crippen molar-refractivity contribution in [3.8, 4) is 5.75 Å².